The molecule has 120 valence electrons. The normalized spacial score (nSPS) is 11.7. The second-order valence-electron chi connectivity index (χ2n) is 4.79. The number of benzene rings is 1. The van der Waals surface area contributed by atoms with Crippen LogP contribution < -0.4 is 10.2 Å². The summed E-state index contributed by atoms with van der Waals surface area (Å²) in [5.41, 5.74) is 0.183. The highest BCUT2D eigenvalue weighted by molar-refractivity contribution is 5.56. The quantitative estimate of drug-likeness (QED) is 0.775. The Kier molecular flexibility index (Phi) is 6.98. The Balaban J connectivity index is 3.11. The molecule has 0 aliphatic rings. The van der Waals surface area contributed by atoms with Crippen LogP contribution in [0.25, 0.3) is 0 Å². The molecule has 0 aromatic heterocycles. The maximum atomic E-state index is 13.3. The number of halogens is 3. The molecule has 6 heteroatoms. The van der Waals surface area contributed by atoms with Crippen LogP contribution >= 0.6 is 0 Å². The lowest BCUT2D eigenvalue weighted by molar-refractivity contribution is -0.137. The predicted molar refractivity (Wildman–Crippen MR) is 78.4 cm³/mol. The van der Waals surface area contributed by atoms with E-state index in [2.05, 4.69) is 5.32 Å². The van der Waals surface area contributed by atoms with Crippen molar-refractivity contribution in [1.82, 2.24) is 5.32 Å². The first-order valence-electron chi connectivity index (χ1n) is 7.20. The molecule has 0 saturated heterocycles. The van der Waals surface area contributed by atoms with E-state index in [1.165, 1.54) is 12.1 Å². The van der Waals surface area contributed by atoms with E-state index in [9.17, 15) is 13.2 Å². The fourth-order valence-electron chi connectivity index (χ4n) is 2.18. The molecule has 21 heavy (non-hydrogen) atoms. The first kappa shape index (κ1) is 17.8. The summed E-state index contributed by atoms with van der Waals surface area (Å²) in [7, 11) is 0. The monoisotopic (exact) mass is 304 g/mol. The summed E-state index contributed by atoms with van der Waals surface area (Å²) in [6, 6.07) is 4.45. The molecule has 0 radical (unpaired) electrons. The van der Waals surface area contributed by atoms with E-state index in [0.717, 1.165) is 0 Å². The zero-order chi connectivity index (χ0) is 15.9. The average molecular weight is 304 g/mol. The summed E-state index contributed by atoms with van der Waals surface area (Å²) in [4.78, 5) is 1.65. The predicted octanol–water partition coefficient (Wildman–Crippen LogP) is 3.02. The van der Waals surface area contributed by atoms with Gasteiger partial charge in [-0.1, -0.05) is 13.0 Å². The second-order valence-corrected chi connectivity index (χ2v) is 4.79. The molecular weight excluding hydrogens is 281 g/mol. The third-order valence-electron chi connectivity index (χ3n) is 3.25. The Morgan fingerprint density at radius 2 is 1.95 bits per heavy atom. The van der Waals surface area contributed by atoms with Crippen LogP contribution in [0.3, 0.4) is 0 Å². The Bertz CT molecular complexity index is 435. The van der Waals surface area contributed by atoms with Crippen molar-refractivity contribution < 1.29 is 18.3 Å². The smallest absolute Gasteiger partial charge is 0.396 e. The number of nitrogens with zero attached hydrogens (tertiary/aromatic N) is 1. The van der Waals surface area contributed by atoms with Crippen molar-refractivity contribution in [1.29, 1.82) is 0 Å². The van der Waals surface area contributed by atoms with Crippen LogP contribution in [-0.2, 0) is 12.7 Å². The van der Waals surface area contributed by atoms with Gasteiger partial charge in [-0.25, -0.2) is 0 Å². The van der Waals surface area contributed by atoms with Crippen molar-refractivity contribution in [2.75, 3.05) is 31.1 Å². The number of anilines is 1. The topological polar surface area (TPSA) is 35.5 Å². The van der Waals surface area contributed by atoms with E-state index in [4.69, 9.17) is 5.11 Å². The Morgan fingerprint density at radius 1 is 1.24 bits per heavy atom. The zero-order valence-electron chi connectivity index (χ0n) is 12.5. The van der Waals surface area contributed by atoms with Crippen LogP contribution in [0, 0.1) is 0 Å². The summed E-state index contributed by atoms with van der Waals surface area (Å²) in [5.74, 6) is 0. The first-order valence-corrected chi connectivity index (χ1v) is 7.20. The van der Waals surface area contributed by atoms with Crippen LogP contribution in [0.15, 0.2) is 18.2 Å². The average Bonchev–Trinajstić information content (AvgIpc) is 2.45. The minimum absolute atomic E-state index is 0.0314. The molecule has 3 nitrogen and oxygen atoms in total. The van der Waals surface area contributed by atoms with Gasteiger partial charge in [0.05, 0.1) is 5.56 Å². The summed E-state index contributed by atoms with van der Waals surface area (Å²) >= 11 is 0. The molecule has 0 spiro atoms. The lowest BCUT2D eigenvalue weighted by Crippen LogP contribution is -2.27. The van der Waals surface area contributed by atoms with Gasteiger partial charge in [-0.05, 0) is 37.6 Å². The number of alkyl halides is 3. The summed E-state index contributed by atoms with van der Waals surface area (Å²) in [5, 5.41) is 11.9. The summed E-state index contributed by atoms with van der Waals surface area (Å²) in [6.45, 7) is 5.69. The highest BCUT2D eigenvalue weighted by Gasteiger charge is 2.34. The number of nitrogens with one attached hydrogen (secondary N) is 1. The minimum Gasteiger partial charge on any atom is -0.396 e. The van der Waals surface area contributed by atoms with Gasteiger partial charge < -0.3 is 15.3 Å². The first-order chi connectivity index (χ1) is 9.93. The molecule has 0 saturated carbocycles. The van der Waals surface area contributed by atoms with Gasteiger partial charge in [0, 0.05) is 31.9 Å². The van der Waals surface area contributed by atoms with E-state index in [1.54, 1.807) is 11.0 Å². The van der Waals surface area contributed by atoms with Crippen molar-refractivity contribution in [2.24, 2.45) is 0 Å². The van der Waals surface area contributed by atoms with Crippen molar-refractivity contribution in [3.8, 4) is 0 Å². The maximum Gasteiger partial charge on any atom is 0.418 e. The van der Waals surface area contributed by atoms with E-state index < -0.39 is 11.7 Å². The van der Waals surface area contributed by atoms with E-state index in [1.807, 2.05) is 13.8 Å². The largest absolute Gasteiger partial charge is 0.418 e. The highest BCUT2D eigenvalue weighted by atomic mass is 19.4. The van der Waals surface area contributed by atoms with Crippen LogP contribution in [0.1, 0.15) is 31.4 Å². The zero-order valence-corrected chi connectivity index (χ0v) is 12.5. The van der Waals surface area contributed by atoms with Crippen LogP contribution in [0.5, 0.6) is 0 Å². The third kappa shape index (κ3) is 5.21. The molecule has 0 heterocycles. The van der Waals surface area contributed by atoms with Crippen molar-refractivity contribution in [3.63, 3.8) is 0 Å². The van der Waals surface area contributed by atoms with Crippen LogP contribution in [0.4, 0.5) is 18.9 Å². The molecular formula is C15H23F3N2O. The molecule has 0 aliphatic heterocycles. The van der Waals surface area contributed by atoms with E-state index in [0.29, 0.717) is 38.2 Å². The fourth-order valence-corrected chi connectivity index (χ4v) is 2.18. The van der Waals surface area contributed by atoms with Crippen molar-refractivity contribution in [3.05, 3.63) is 29.3 Å². The second kappa shape index (κ2) is 8.24. The molecule has 0 aliphatic carbocycles. The van der Waals surface area contributed by atoms with Gasteiger partial charge in [0.1, 0.15) is 0 Å². The highest BCUT2D eigenvalue weighted by Crippen LogP contribution is 2.37. The third-order valence-corrected chi connectivity index (χ3v) is 3.25. The lowest BCUT2D eigenvalue weighted by atomic mass is 10.1. The van der Waals surface area contributed by atoms with Gasteiger partial charge in [-0.15, -0.1) is 0 Å². The molecule has 0 unspecified atom stereocenters. The Hall–Kier alpha value is -1.27. The maximum absolute atomic E-state index is 13.3. The number of hydrogen-bond donors (Lipinski definition) is 2. The van der Waals surface area contributed by atoms with Crippen molar-refractivity contribution >= 4 is 5.69 Å². The van der Waals surface area contributed by atoms with Crippen LogP contribution in [-0.4, -0.2) is 31.3 Å². The lowest BCUT2D eigenvalue weighted by Gasteiger charge is -2.27. The number of aliphatic hydroxyl groups excluding tert-OH is 1. The van der Waals surface area contributed by atoms with E-state index >= 15 is 0 Å². The van der Waals surface area contributed by atoms with Gasteiger partial charge in [0.2, 0.25) is 0 Å². The van der Waals surface area contributed by atoms with Gasteiger partial charge in [-0.2, -0.15) is 13.2 Å². The molecule has 1 aromatic carbocycles. The number of rotatable bonds is 8. The fraction of sp³-hybridized carbons (Fsp3) is 0.600. The van der Waals surface area contributed by atoms with Crippen molar-refractivity contribution in [2.45, 2.75) is 33.0 Å². The van der Waals surface area contributed by atoms with Gasteiger partial charge in [0.15, 0.2) is 0 Å². The number of aliphatic hydroxyl groups is 1. The van der Waals surface area contributed by atoms with E-state index in [-0.39, 0.29) is 12.3 Å². The summed E-state index contributed by atoms with van der Waals surface area (Å²) < 4.78 is 39.8. The summed E-state index contributed by atoms with van der Waals surface area (Å²) in [6.07, 6.45) is -3.94. The van der Waals surface area contributed by atoms with Gasteiger partial charge >= 0.3 is 6.18 Å². The molecule has 1 rings (SSSR count). The standard InChI is InChI=1S/C15H23F3N2O/c1-3-19-11-12-6-7-14(13(10-12)15(16,17)18)20(4-2)8-5-9-21/h6-7,10,19,21H,3-5,8-9,11H2,1-2H3. The van der Waals surface area contributed by atoms with Crippen LogP contribution in [0.2, 0.25) is 0 Å². The minimum atomic E-state index is -4.38. The molecule has 0 atom stereocenters. The SMILES string of the molecule is CCNCc1ccc(N(CC)CCCO)c(C(F)(F)F)c1. The molecule has 0 fully saturated rings. The molecule has 1 aromatic rings. The van der Waals surface area contributed by atoms with Gasteiger partial charge in [0.25, 0.3) is 0 Å². The Morgan fingerprint density at radius 3 is 2.48 bits per heavy atom. The molecule has 2 N–H and O–H groups in total. The molecule has 0 amide bonds. The Labute approximate surface area is 123 Å². The van der Waals surface area contributed by atoms with Gasteiger partial charge in [-0.3, -0.25) is 0 Å². The molecule has 0 bridgehead atoms. The number of hydrogen-bond acceptors (Lipinski definition) is 3.